The highest BCUT2D eigenvalue weighted by molar-refractivity contribution is 7.91. The molecule has 124 valence electrons. The summed E-state index contributed by atoms with van der Waals surface area (Å²) in [7, 11) is -3.15. The molecule has 2 atom stereocenters. The van der Waals surface area contributed by atoms with Gasteiger partial charge in [0, 0.05) is 6.26 Å². The van der Waals surface area contributed by atoms with Gasteiger partial charge in [0.25, 0.3) is 0 Å². The van der Waals surface area contributed by atoms with E-state index >= 15 is 0 Å². The lowest BCUT2D eigenvalue weighted by Crippen LogP contribution is -2.46. The zero-order valence-electron chi connectivity index (χ0n) is 12.2. The molecule has 2 aliphatic rings. The number of aliphatic hydroxyl groups is 1. The van der Waals surface area contributed by atoms with Gasteiger partial charge in [-0.05, 0) is 50.9 Å². The lowest BCUT2D eigenvalue weighted by molar-refractivity contribution is -0.197. The minimum absolute atomic E-state index is 0.0555. The summed E-state index contributed by atoms with van der Waals surface area (Å²) in [6.07, 6.45) is -0.459. The molecule has 0 heterocycles. The van der Waals surface area contributed by atoms with E-state index in [9.17, 15) is 26.7 Å². The second-order valence-electron chi connectivity index (χ2n) is 6.73. The third-order valence-corrected chi connectivity index (χ3v) is 6.95. The summed E-state index contributed by atoms with van der Waals surface area (Å²) < 4.78 is 61.4. The van der Waals surface area contributed by atoms with Gasteiger partial charge in [0.05, 0.1) is 16.8 Å². The summed E-state index contributed by atoms with van der Waals surface area (Å²) in [4.78, 5) is 0. The SMILES string of the molecule is CS(=O)(=O)C1CCCC(C2(O)CCC(C(F)(F)F)CC2)C1. The zero-order valence-corrected chi connectivity index (χ0v) is 13.0. The van der Waals surface area contributed by atoms with E-state index in [4.69, 9.17) is 0 Å². The van der Waals surface area contributed by atoms with Gasteiger partial charge in [0.15, 0.2) is 0 Å². The molecule has 0 saturated heterocycles. The van der Waals surface area contributed by atoms with Gasteiger partial charge in [0.1, 0.15) is 9.84 Å². The first-order valence-corrected chi connectivity index (χ1v) is 9.46. The molecule has 0 spiro atoms. The monoisotopic (exact) mass is 328 g/mol. The molecule has 0 aliphatic heterocycles. The number of halogens is 3. The number of hydrogen-bond donors (Lipinski definition) is 1. The molecule has 0 aromatic carbocycles. The molecule has 2 aliphatic carbocycles. The van der Waals surface area contributed by atoms with Crippen molar-refractivity contribution in [3.05, 3.63) is 0 Å². The van der Waals surface area contributed by atoms with Crippen LogP contribution in [0.3, 0.4) is 0 Å². The maximum atomic E-state index is 12.7. The van der Waals surface area contributed by atoms with Gasteiger partial charge in [-0.1, -0.05) is 6.42 Å². The van der Waals surface area contributed by atoms with Crippen molar-refractivity contribution in [2.24, 2.45) is 11.8 Å². The fourth-order valence-electron chi connectivity index (χ4n) is 3.88. The summed E-state index contributed by atoms with van der Waals surface area (Å²) in [5.41, 5.74) is -1.12. The van der Waals surface area contributed by atoms with E-state index in [2.05, 4.69) is 0 Å². The number of alkyl halides is 3. The maximum absolute atomic E-state index is 12.7. The van der Waals surface area contributed by atoms with Gasteiger partial charge in [-0.15, -0.1) is 0 Å². The van der Waals surface area contributed by atoms with E-state index < -0.39 is 32.8 Å². The first-order valence-electron chi connectivity index (χ1n) is 7.50. The lowest BCUT2D eigenvalue weighted by atomic mass is 9.67. The van der Waals surface area contributed by atoms with Crippen LogP contribution in [0, 0.1) is 11.8 Å². The molecule has 0 aromatic rings. The highest BCUT2D eigenvalue weighted by Crippen LogP contribution is 2.47. The van der Waals surface area contributed by atoms with Crippen LogP contribution in [0.25, 0.3) is 0 Å². The Morgan fingerprint density at radius 1 is 1.10 bits per heavy atom. The third kappa shape index (κ3) is 3.92. The average Bonchev–Trinajstić information content (AvgIpc) is 2.37. The Hall–Kier alpha value is -0.300. The molecule has 0 aromatic heterocycles. The predicted molar refractivity (Wildman–Crippen MR) is 73.6 cm³/mol. The Balaban J connectivity index is 2.02. The fraction of sp³-hybridized carbons (Fsp3) is 1.00. The van der Waals surface area contributed by atoms with E-state index in [1.165, 1.54) is 6.26 Å². The summed E-state index contributed by atoms with van der Waals surface area (Å²) in [6, 6.07) is 0. The van der Waals surface area contributed by atoms with E-state index in [1.54, 1.807) is 0 Å². The van der Waals surface area contributed by atoms with Crippen molar-refractivity contribution in [1.82, 2.24) is 0 Å². The molecule has 0 bridgehead atoms. The number of sulfone groups is 1. The van der Waals surface area contributed by atoms with E-state index in [-0.39, 0.29) is 31.6 Å². The second-order valence-corrected chi connectivity index (χ2v) is 9.06. The molecule has 1 N–H and O–H groups in total. The fourth-order valence-corrected chi connectivity index (χ4v) is 5.05. The molecular formula is C14H23F3O3S. The normalized spacial score (nSPS) is 39.2. The summed E-state index contributed by atoms with van der Waals surface area (Å²) in [5, 5.41) is 10.2. The van der Waals surface area contributed by atoms with Crippen LogP contribution in [0.15, 0.2) is 0 Å². The van der Waals surface area contributed by atoms with Crippen molar-refractivity contribution in [3.8, 4) is 0 Å². The minimum atomic E-state index is -4.19. The third-order valence-electron chi connectivity index (χ3n) is 5.31. The molecule has 0 amide bonds. The topological polar surface area (TPSA) is 54.4 Å². The molecule has 2 saturated carbocycles. The number of rotatable bonds is 2. The largest absolute Gasteiger partial charge is 0.391 e. The van der Waals surface area contributed by atoms with Gasteiger partial charge >= 0.3 is 6.18 Å². The summed E-state index contributed by atoms with van der Waals surface area (Å²) in [6.45, 7) is 0. The summed E-state index contributed by atoms with van der Waals surface area (Å²) in [5.74, 6) is -1.52. The van der Waals surface area contributed by atoms with Crippen LogP contribution >= 0.6 is 0 Å². The van der Waals surface area contributed by atoms with Crippen LogP contribution in [0.1, 0.15) is 51.4 Å². The van der Waals surface area contributed by atoms with Crippen LogP contribution < -0.4 is 0 Å². The Morgan fingerprint density at radius 3 is 2.14 bits per heavy atom. The molecule has 2 rings (SSSR count). The van der Waals surface area contributed by atoms with Crippen molar-refractivity contribution < 1.29 is 26.7 Å². The van der Waals surface area contributed by atoms with Crippen LogP contribution in [-0.2, 0) is 9.84 Å². The van der Waals surface area contributed by atoms with Gasteiger partial charge in [0.2, 0.25) is 0 Å². The van der Waals surface area contributed by atoms with Gasteiger partial charge in [-0.25, -0.2) is 8.42 Å². The van der Waals surface area contributed by atoms with Crippen molar-refractivity contribution in [3.63, 3.8) is 0 Å². The van der Waals surface area contributed by atoms with Crippen molar-refractivity contribution in [2.45, 2.75) is 68.4 Å². The van der Waals surface area contributed by atoms with Crippen molar-refractivity contribution in [1.29, 1.82) is 0 Å². The first kappa shape index (κ1) is 17.1. The Morgan fingerprint density at radius 2 is 1.67 bits per heavy atom. The molecule has 7 heteroatoms. The van der Waals surface area contributed by atoms with Gasteiger partial charge in [-0.2, -0.15) is 13.2 Å². The molecule has 0 radical (unpaired) electrons. The van der Waals surface area contributed by atoms with Crippen LogP contribution in [0.4, 0.5) is 13.2 Å². The Labute approximate surface area is 123 Å². The smallest absolute Gasteiger partial charge is 0.390 e. The van der Waals surface area contributed by atoms with E-state index in [1.807, 2.05) is 0 Å². The second kappa shape index (κ2) is 5.72. The average molecular weight is 328 g/mol. The minimum Gasteiger partial charge on any atom is -0.390 e. The van der Waals surface area contributed by atoms with E-state index in [0.717, 1.165) is 0 Å². The Kier molecular flexibility index (Phi) is 4.65. The van der Waals surface area contributed by atoms with Crippen molar-refractivity contribution >= 4 is 9.84 Å². The molecule has 21 heavy (non-hydrogen) atoms. The predicted octanol–water partition coefficient (Wildman–Crippen LogP) is 3.07. The van der Waals surface area contributed by atoms with E-state index in [0.29, 0.717) is 25.7 Å². The zero-order chi connectivity index (χ0) is 15.9. The van der Waals surface area contributed by atoms with Crippen LogP contribution in [-0.4, -0.2) is 36.8 Å². The maximum Gasteiger partial charge on any atom is 0.391 e. The highest BCUT2D eigenvalue weighted by atomic mass is 32.2. The van der Waals surface area contributed by atoms with Gasteiger partial charge < -0.3 is 5.11 Å². The van der Waals surface area contributed by atoms with Crippen LogP contribution in [0.2, 0.25) is 0 Å². The van der Waals surface area contributed by atoms with Crippen molar-refractivity contribution in [2.75, 3.05) is 6.26 Å². The quantitative estimate of drug-likeness (QED) is 0.847. The molecular weight excluding hydrogens is 305 g/mol. The first-order chi connectivity index (χ1) is 9.52. The molecule has 2 unspecified atom stereocenters. The standard InChI is InChI=1S/C14H23F3O3S/c1-21(19,20)12-4-2-3-11(9-12)13(18)7-5-10(6-8-13)14(15,16)17/h10-12,18H,2-9H2,1H3. The molecule has 3 nitrogen and oxygen atoms in total. The number of hydrogen-bond acceptors (Lipinski definition) is 3. The molecule has 2 fully saturated rings. The highest BCUT2D eigenvalue weighted by Gasteiger charge is 2.49. The Bertz CT molecular complexity index is 464. The lowest BCUT2D eigenvalue weighted by Gasteiger charge is -2.44. The van der Waals surface area contributed by atoms with Gasteiger partial charge in [-0.3, -0.25) is 0 Å². The van der Waals surface area contributed by atoms with Crippen LogP contribution in [0.5, 0.6) is 0 Å². The summed E-state index contributed by atoms with van der Waals surface area (Å²) >= 11 is 0.